The number of hydrogen-bond acceptors (Lipinski definition) is 2. The first-order valence-corrected chi connectivity index (χ1v) is 7.55. The normalized spacial score (nSPS) is 12.0. The average Bonchev–Trinajstić information content (AvgIpc) is 2.54. The Morgan fingerprint density at radius 2 is 1.77 bits per heavy atom. The highest BCUT2D eigenvalue weighted by molar-refractivity contribution is 5.94. The van der Waals surface area contributed by atoms with Crippen molar-refractivity contribution in [3.63, 3.8) is 0 Å². The minimum absolute atomic E-state index is 0.0228. The molecular formula is C19H23NO2. The fraction of sp³-hybridized carbons (Fsp3) is 0.316. The van der Waals surface area contributed by atoms with Gasteiger partial charge in [0.05, 0.1) is 6.04 Å². The van der Waals surface area contributed by atoms with Crippen LogP contribution in [-0.2, 0) is 0 Å². The highest BCUT2D eigenvalue weighted by atomic mass is 16.3. The van der Waals surface area contributed by atoms with E-state index in [1.54, 1.807) is 11.9 Å². The van der Waals surface area contributed by atoms with Crippen LogP contribution in [0.25, 0.3) is 0 Å². The van der Waals surface area contributed by atoms with E-state index in [1.165, 1.54) is 5.56 Å². The van der Waals surface area contributed by atoms with Gasteiger partial charge in [0.1, 0.15) is 0 Å². The maximum Gasteiger partial charge on any atom is 0.254 e. The summed E-state index contributed by atoms with van der Waals surface area (Å²) in [6.45, 7) is 4.09. The third-order valence-corrected chi connectivity index (χ3v) is 4.13. The minimum atomic E-state index is -0.125. The van der Waals surface area contributed by atoms with Gasteiger partial charge in [-0.3, -0.25) is 4.79 Å². The zero-order valence-corrected chi connectivity index (χ0v) is 13.4. The summed E-state index contributed by atoms with van der Waals surface area (Å²) in [5.41, 5.74) is 4.01. The summed E-state index contributed by atoms with van der Waals surface area (Å²) in [6.07, 6.45) is 0.525. The number of aliphatic hydroxyl groups excluding tert-OH is 1. The van der Waals surface area contributed by atoms with E-state index in [1.807, 2.05) is 62.4 Å². The van der Waals surface area contributed by atoms with Crippen LogP contribution in [0.4, 0.5) is 0 Å². The van der Waals surface area contributed by atoms with Gasteiger partial charge in [-0.1, -0.05) is 36.4 Å². The van der Waals surface area contributed by atoms with Crippen molar-refractivity contribution in [2.45, 2.75) is 26.3 Å². The molecule has 0 saturated heterocycles. The van der Waals surface area contributed by atoms with E-state index < -0.39 is 0 Å². The minimum Gasteiger partial charge on any atom is -0.396 e. The molecule has 0 aromatic heterocycles. The number of carbonyl (C=O) groups is 1. The lowest BCUT2D eigenvalue weighted by molar-refractivity contribution is 0.0705. The van der Waals surface area contributed by atoms with Crippen LogP contribution in [0.1, 0.15) is 39.5 Å². The first kappa shape index (κ1) is 16.2. The molecule has 22 heavy (non-hydrogen) atoms. The van der Waals surface area contributed by atoms with Crippen molar-refractivity contribution < 1.29 is 9.90 Å². The van der Waals surface area contributed by atoms with Crippen molar-refractivity contribution in [2.24, 2.45) is 0 Å². The molecule has 0 spiro atoms. The lowest BCUT2D eigenvalue weighted by atomic mass is 10.0. The predicted molar refractivity (Wildman–Crippen MR) is 88.9 cm³/mol. The van der Waals surface area contributed by atoms with Crippen LogP contribution in [0, 0.1) is 13.8 Å². The molecule has 0 radical (unpaired) electrons. The summed E-state index contributed by atoms with van der Waals surface area (Å²) in [5, 5.41) is 9.34. The average molecular weight is 297 g/mol. The Morgan fingerprint density at radius 3 is 2.36 bits per heavy atom. The second-order valence-electron chi connectivity index (χ2n) is 5.65. The van der Waals surface area contributed by atoms with E-state index in [4.69, 9.17) is 0 Å². The van der Waals surface area contributed by atoms with Crippen molar-refractivity contribution in [3.8, 4) is 0 Å². The quantitative estimate of drug-likeness (QED) is 0.917. The molecule has 1 atom stereocenters. The van der Waals surface area contributed by atoms with Crippen LogP contribution < -0.4 is 0 Å². The third-order valence-electron chi connectivity index (χ3n) is 4.13. The van der Waals surface area contributed by atoms with E-state index in [9.17, 15) is 9.90 Å². The number of benzene rings is 2. The topological polar surface area (TPSA) is 40.5 Å². The van der Waals surface area contributed by atoms with Crippen molar-refractivity contribution in [1.82, 2.24) is 4.90 Å². The molecule has 1 unspecified atom stereocenters. The van der Waals surface area contributed by atoms with E-state index >= 15 is 0 Å². The molecule has 0 aliphatic rings. The number of nitrogens with zero attached hydrogens (tertiary/aromatic N) is 1. The van der Waals surface area contributed by atoms with Gasteiger partial charge in [0.2, 0.25) is 0 Å². The van der Waals surface area contributed by atoms with Crippen molar-refractivity contribution >= 4 is 5.91 Å². The molecule has 1 amide bonds. The zero-order valence-electron chi connectivity index (χ0n) is 13.4. The van der Waals surface area contributed by atoms with Crippen LogP contribution in [0.2, 0.25) is 0 Å². The Labute approximate surface area is 132 Å². The fourth-order valence-corrected chi connectivity index (χ4v) is 2.60. The molecule has 2 rings (SSSR count). The summed E-state index contributed by atoms with van der Waals surface area (Å²) in [6, 6.07) is 15.5. The molecule has 116 valence electrons. The van der Waals surface area contributed by atoms with Crippen LogP contribution in [-0.4, -0.2) is 29.6 Å². The van der Waals surface area contributed by atoms with Gasteiger partial charge in [0, 0.05) is 19.2 Å². The second kappa shape index (κ2) is 7.23. The van der Waals surface area contributed by atoms with Crippen LogP contribution in [0.5, 0.6) is 0 Å². The summed E-state index contributed by atoms with van der Waals surface area (Å²) >= 11 is 0. The van der Waals surface area contributed by atoms with Gasteiger partial charge >= 0.3 is 0 Å². The molecule has 0 saturated carbocycles. The molecule has 0 heterocycles. The largest absolute Gasteiger partial charge is 0.396 e. The number of amides is 1. The molecule has 0 bridgehead atoms. The van der Waals surface area contributed by atoms with Gasteiger partial charge in [-0.2, -0.15) is 0 Å². The van der Waals surface area contributed by atoms with Crippen LogP contribution >= 0.6 is 0 Å². The SMILES string of the molecule is Cc1ccc(C(=O)N(C)C(CCO)c2ccccc2)cc1C. The summed E-state index contributed by atoms with van der Waals surface area (Å²) in [7, 11) is 1.80. The predicted octanol–water partition coefficient (Wildman–Crippen LogP) is 3.50. The third kappa shape index (κ3) is 3.55. The Hall–Kier alpha value is -2.13. The van der Waals surface area contributed by atoms with E-state index in [2.05, 4.69) is 0 Å². The Morgan fingerprint density at radius 1 is 1.09 bits per heavy atom. The Kier molecular flexibility index (Phi) is 5.34. The highest BCUT2D eigenvalue weighted by Gasteiger charge is 2.22. The van der Waals surface area contributed by atoms with Crippen molar-refractivity contribution in [2.75, 3.05) is 13.7 Å². The maximum atomic E-state index is 12.7. The van der Waals surface area contributed by atoms with Gasteiger partial charge in [0.25, 0.3) is 5.91 Å². The van der Waals surface area contributed by atoms with Gasteiger partial charge in [0.15, 0.2) is 0 Å². The number of carbonyl (C=O) groups excluding carboxylic acids is 1. The maximum absolute atomic E-state index is 12.7. The molecule has 2 aromatic carbocycles. The first-order chi connectivity index (χ1) is 10.5. The molecule has 3 heteroatoms. The van der Waals surface area contributed by atoms with Gasteiger partial charge in [-0.15, -0.1) is 0 Å². The standard InChI is InChI=1S/C19H23NO2/c1-14-9-10-17(13-15(14)2)19(22)20(3)18(11-12-21)16-7-5-4-6-8-16/h4-10,13,18,21H,11-12H2,1-3H3. The monoisotopic (exact) mass is 297 g/mol. The van der Waals surface area contributed by atoms with Gasteiger partial charge < -0.3 is 10.0 Å². The smallest absolute Gasteiger partial charge is 0.254 e. The van der Waals surface area contributed by atoms with Gasteiger partial charge in [-0.25, -0.2) is 0 Å². The molecule has 0 fully saturated rings. The van der Waals surface area contributed by atoms with Crippen LogP contribution in [0.15, 0.2) is 48.5 Å². The van der Waals surface area contributed by atoms with E-state index in [0.29, 0.717) is 12.0 Å². The molecule has 1 N–H and O–H groups in total. The lowest BCUT2D eigenvalue weighted by Crippen LogP contribution is -2.32. The molecule has 2 aromatic rings. The van der Waals surface area contributed by atoms with Gasteiger partial charge in [-0.05, 0) is 49.1 Å². The first-order valence-electron chi connectivity index (χ1n) is 7.55. The van der Waals surface area contributed by atoms with Crippen molar-refractivity contribution in [3.05, 3.63) is 70.8 Å². The Balaban J connectivity index is 2.28. The highest BCUT2D eigenvalue weighted by Crippen LogP contribution is 2.24. The molecule has 0 aliphatic carbocycles. The lowest BCUT2D eigenvalue weighted by Gasteiger charge is -2.28. The fourth-order valence-electron chi connectivity index (χ4n) is 2.60. The van der Waals surface area contributed by atoms with Crippen LogP contribution in [0.3, 0.4) is 0 Å². The summed E-state index contributed by atoms with van der Waals surface area (Å²) < 4.78 is 0. The number of hydrogen-bond donors (Lipinski definition) is 1. The molecular weight excluding hydrogens is 274 g/mol. The second-order valence-corrected chi connectivity index (χ2v) is 5.65. The Bertz CT molecular complexity index is 637. The number of aliphatic hydroxyl groups is 1. The van der Waals surface area contributed by atoms with E-state index in [-0.39, 0.29) is 18.6 Å². The van der Waals surface area contributed by atoms with E-state index in [0.717, 1.165) is 11.1 Å². The summed E-state index contributed by atoms with van der Waals surface area (Å²) in [4.78, 5) is 14.5. The number of aryl methyl sites for hydroxylation is 2. The van der Waals surface area contributed by atoms with Crippen molar-refractivity contribution in [1.29, 1.82) is 0 Å². The molecule has 3 nitrogen and oxygen atoms in total. The number of rotatable bonds is 5. The molecule has 0 aliphatic heterocycles. The summed E-state index contributed by atoms with van der Waals surface area (Å²) in [5.74, 6) is -0.0228. The zero-order chi connectivity index (χ0) is 16.1.